The molecule has 0 aromatic carbocycles. The molecule has 3 heterocycles. The minimum atomic E-state index is -0.571. The van der Waals surface area contributed by atoms with Crippen LogP contribution in [0.25, 0.3) is 11.0 Å². The van der Waals surface area contributed by atoms with E-state index in [9.17, 15) is 14.4 Å². The molecule has 1 aliphatic heterocycles. The molecule has 2 aromatic heterocycles. The van der Waals surface area contributed by atoms with Crippen molar-refractivity contribution in [3.05, 3.63) is 38.2 Å². The molecule has 0 bridgehead atoms. The smallest absolute Gasteiger partial charge is 0.329 e. The molecular weight excluding hydrogens is 362 g/mol. The number of fused-ring (bicyclic) bond motifs is 1. The number of amides is 1. The van der Waals surface area contributed by atoms with E-state index in [-0.39, 0.29) is 16.9 Å². The molecular formula is C19H25N5O4. The Balaban J connectivity index is 1.65. The summed E-state index contributed by atoms with van der Waals surface area (Å²) >= 11 is 0. The first-order valence-corrected chi connectivity index (χ1v) is 9.84. The second kappa shape index (κ2) is 7.84. The topological polar surface area (TPSA) is 109 Å². The van der Waals surface area contributed by atoms with Crippen molar-refractivity contribution < 1.29 is 9.53 Å². The Bertz CT molecular complexity index is 1000. The number of aromatic amines is 1. The molecule has 9 nitrogen and oxygen atoms in total. The van der Waals surface area contributed by atoms with Crippen molar-refractivity contribution in [1.82, 2.24) is 24.8 Å². The van der Waals surface area contributed by atoms with Crippen LogP contribution in [0.1, 0.15) is 41.7 Å². The maximum Gasteiger partial charge on any atom is 0.329 e. The fourth-order valence-corrected chi connectivity index (χ4v) is 3.60. The van der Waals surface area contributed by atoms with E-state index in [1.54, 1.807) is 6.07 Å². The van der Waals surface area contributed by atoms with Gasteiger partial charge in [0.1, 0.15) is 0 Å². The van der Waals surface area contributed by atoms with Crippen molar-refractivity contribution in [2.45, 2.75) is 32.2 Å². The molecule has 4 rings (SSSR count). The van der Waals surface area contributed by atoms with E-state index >= 15 is 0 Å². The number of carbonyl (C=O) groups is 1. The van der Waals surface area contributed by atoms with Crippen LogP contribution in [0.5, 0.6) is 0 Å². The molecule has 9 heteroatoms. The van der Waals surface area contributed by atoms with Crippen LogP contribution in [-0.4, -0.2) is 64.7 Å². The monoisotopic (exact) mass is 387 g/mol. The maximum atomic E-state index is 12.9. The third-order valence-electron chi connectivity index (χ3n) is 5.34. The Morgan fingerprint density at radius 1 is 1.32 bits per heavy atom. The van der Waals surface area contributed by atoms with Crippen LogP contribution in [-0.2, 0) is 11.3 Å². The average molecular weight is 387 g/mol. The molecule has 1 saturated carbocycles. The lowest BCUT2D eigenvalue weighted by molar-refractivity contribution is 0.0383. The normalized spacial score (nSPS) is 17.8. The lowest BCUT2D eigenvalue weighted by atomic mass is 10.1. The zero-order chi connectivity index (χ0) is 19.7. The highest BCUT2D eigenvalue weighted by molar-refractivity contribution is 6.05. The van der Waals surface area contributed by atoms with E-state index in [2.05, 4.69) is 20.2 Å². The van der Waals surface area contributed by atoms with Crippen LogP contribution in [0.2, 0.25) is 0 Å². The molecule has 1 saturated heterocycles. The second-order valence-corrected chi connectivity index (χ2v) is 7.28. The summed E-state index contributed by atoms with van der Waals surface area (Å²) in [6, 6.07) is 1.71. The highest BCUT2D eigenvalue weighted by atomic mass is 16.5. The van der Waals surface area contributed by atoms with Crippen molar-refractivity contribution in [3.8, 4) is 0 Å². The Morgan fingerprint density at radius 2 is 2.07 bits per heavy atom. The summed E-state index contributed by atoms with van der Waals surface area (Å²) in [5.74, 6) is -0.0154. The van der Waals surface area contributed by atoms with Gasteiger partial charge in [-0.2, -0.15) is 0 Å². The Kier molecular flexibility index (Phi) is 5.27. The van der Waals surface area contributed by atoms with Gasteiger partial charge in [-0.3, -0.25) is 24.0 Å². The summed E-state index contributed by atoms with van der Waals surface area (Å²) in [7, 11) is 0. The first-order valence-electron chi connectivity index (χ1n) is 9.84. The molecule has 0 atom stereocenters. The number of aryl methyl sites for hydroxylation is 1. The molecule has 1 aliphatic carbocycles. The minimum absolute atomic E-state index is 0.176. The predicted octanol–water partition coefficient (Wildman–Crippen LogP) is 0.0441. The third kappa shape index (κ3) is 3.72. The highest BCUT2D eigenvalue weighted by Crippen LogP contribution is 2.39. The van der Waals surface area contributed by atoms with E-state index in [4.69, 9.17) is 4.74 Å². The number of aromatic nitrogens is 3. The lowest BCUT2D eigenvalue weighted by Crippen LogP contribution is -2.41. The van der Waals surface area contributed by atoms with Gasteiger partial charge in [0.15, 0.2) is 5.65 Å². The fraction of sp³-hybridized carbons (Fsp3) is 0.579. The van der Waals surface area contributed by atoms with Crippen molar-refractivity contribution in [3.63, 3.8) is 0 Å². The number of rotatable bonds is 6. The van der Waals surface area contributed by atoms with Gasteiger partial charge in [0, 0.05) is 44.3 Å². The average Bonchev–Trinajstić information content (AvgIpc) is 3.53. The number of ether oxygens (including phenoxy) is 1. The zero-order valence-corrected chi connectivity index (χ0v) is 16.0. The van der Waals surface area contributed by atoms with Crippen molar-refractivity contribution in [2.75, 3.05) is 39.4 Å². The van der Waals surface area contributed by atoms with Gasteiger partial charge in [0.2, 0.25) is 0 Å². The largest absolute Gasteiger partial charge is 0.379 e. The standard InChI is InChI=1S/C19H25N5O4/c1-2-24-16-15(18(26)22-19(24)27)13(11-14(21-16)12-3-4-12)17(25)20-5-6-23-7-9-28-10-8-23/h11-12H,2-10H2,1H3,(H,20,25)(H,22,26,27). The van der Waals surface area contributed by atoms with Crippen LogP contribution >= 0.6 is 0 Å². The number of morpholine rings is 1. The van der Waals surface area contributed by atoms with Gasteiger partial charge in [-0.25, -0.2) is 9.78 Å². The molecule has 2 N–H and O–H groups in total. The molecule has 2 aromatic rings. The van der Waals surface area contributed by atoms with E-state index in [1.807, 2.05) is 6.92 Å². The molecule has 0 spiro atoms. The Morgan fingerprint density at radius 3 is 2.75 bits per heavy atom. The number of pyridine rings is 1. The highest BCUT2D eigenvalue weighted by Gasteiger charge is 2.28. The van der Waals surface area contributed by atoms with Crippen molar-refractivity contribution >= 4 is 16.9 Å². The summed E-state index contributed by atoms with van der Waals surface area (Å²) in [6.07, 6.45) is 2.02. The number of H-pyrrole nitrogens is 1. The molecule has 150 valence electrons. The van der Waals surface area contributed by atoms with E-state index < -0.39 is 11.2 Å². The first-order chi connectivity index (χ1) is 13.6. The number of hydrogen-bond donors (Lipinski definition) is 2. The van der Waals surface area contributed by atoms with E-state index in [1.165, 1.54) is 4.57 Å². The molecule has 0 unspecified atom stereocenters. The number of carbonyl (C=O) groups excluding carboxylic acids is 1. The van der Waals surface area contributed by atoms with Gasteiger partial charge >= 0.3 is 5.69 Å². The van der Waals surface area contributed by atoms with Crippen LogP contribution < -0.4 is 16.6 Å². The molecule has 2 fully saturated rings. The van der Waals surface area contributed by atoms with Gasteiger partial charge in [-0.1, -0.05) is 0 Å². The third-order valence-corrected chi connectivity index (χ3v) is 5.34. The van der Waals surface area contributed by atoms with Gasteiger partial charge in [0.25, 0.3) is 11.5 Å². The molecule has 28 heavy (non-hydrogen) atoms. The maximum absolute atomic E-state index is 12.9. The molecule has 1 amide bonds. The van der Waals surface area contributed by atoms with Gasteiger partial charge in [0.05, 0.1) is 24.2 Å². The van der Waals surface area contributed by atoms with Gasteiger partial charge in [-0.15, -0.1) is 0 Å². The second-order valence-electron chi connectivity index (χ2n) is 7.28. The fourth-order valence-electron chi connectivity index (χ4n) is 3.60. The number of hydrogen-bond acceptors (Lipinski definition) is 6. The van der Waals surface area contributed by atoms with Crippen molar-refractivity contribution in [2.24, 2.45) is 0 Å². The summed E-state index contributed by atoms with van der Waals surface area (Å²) in [4.78, 5) is 46.7. The van der Waals surface area contributed by atoms with E-state index in [0.717, 1.165) is 38.2 Å². The zero-order valence-electron chi connectivity index (χ0n) is 16.0. The number of nitrogens with one attached hydrogen (secondary N) is 2. The quantitative estimate of drug-likeness (QED) is 0.725. The number of nitrogens with zero attached hydrogens (tertiary/aromatic N) is 3. The summed E-state index contributed by atoms with van der Waals surface area (Å²) in [6.45, 7) is 6.49. The van der Waals surface area contributed by atoms with Crippen LogP contribution in [0.3, 0.4) is 0 Å². The summed E-state index contributed by atoms with van der Waals surface area (Å²) < 4.78 is 6.74. The van der Waals surface area contributed by atoms with Gasteiger partial charge < -0.3 is 10.1 Å². The van der Waals surface area contributed by atoms with Crippen LogP contribution in [0, 0.1) is 0 Å². The Hall–Kier alpha value is -2.52. The summed E-state index contributed by atoms with van der Waals surface area (Å²) in [5.41, 5.74) is 0.284. The first kappa shape index (κ1) is 18.8. The van der Waals surface area contributed by atoms with Crippen molar-refractivity contribution in [1.29, 1.82) is 0 Å². The molecule has 2 aliphatic rings. The van der Waals surface area contributed by atoms with Crippen LogP contribution in [0.15, 0.2) is 15.7 Å². The molecule has 0 radical (unpaired) electrons. The van der Waals surface area contributed by atoms with Gasteiger partial charge in [-0.05, 0) is 25.8 Å². The SMILES string of the molecule is CCn1c(=O)[nH]c(=O)c2c(C(=O)NCCN3CCOCC3)cc(C3CC3)nc21. The lowest BCUT2D eigenvalue weighted by Gasteiger charge is -2.26. The summed E-state index contributed by atoms with van der Waals surface area (Å²) in [5, 5.41) is 3.09. The minimum Gasteiger partial charge on any atom is -0.379 e. The van der Waals surface area contributed by atoms with E-state index in [0.29, 0.717) is 37.9 Å². The predicted molar refractivity (Wildman–Crippen MR) is 104 cm³/mol. The Labute approximate surface area is 161 Å². The van der Waals surface area contributed by atoms with Crippen LogP contribution in [0.4, 0.5) is 0 Å².